The number of hydrogen-bond donors (Lipinski definition) is 1. The monoisotopic (exact) mass is 183 g/mol. The van der Waals surface area contributed by atoms with Crippen molar-refractivity contribution in [1.29, 1.82) is 0 Å². The van der Waals surface area contributed by atoms with Gasteiger partial charge in [0.2, 0.25) is 0 Å². The Morgan fingerprint density at radius 3 is 3.17 bits per heavy atom. The van der Waals surface area contributed by atoms with Crippen LogP contribution in [-0.2, 0) is 11.3 Å². The van der Waals surface area contributed by atoms with E-state index in [0.29, 0.717) is 13.2 Å². The van der Waals surface area contributed by atoms with Gasteiger partial charge in [-0.25, -0.2) is 0 Å². The molecule has 0 fully saturated rings. The average molecular weight is 184 g/mol. The highest BCUT2D eigenvalue weighted by molar-refractivity contribution is 6.30. The van der Waals surface area contributed by atoms with Crippen molar-refractivity contribution in [3.05, 3.63) is 34.3 Å². The minimum Gasteiger partial charge on any atom is -0.368 e. The van der Waals surface area contributed by atoms with Gasteiger partial charge in [-0.15, -0.1) is 0 Å². The van der Waals surface area contributed by atoms with E-state index in [1.54, 1.807) is 0 Å². The van der Waals surface area contributed by atoms with E-state index < -0.39 is 0 Å². The summed E-state index contributed by atoms with van der Waals surface area (Å²) in [5.41, 5.74) is 7.88. The molecule has 1 unspecified atom stereocenters. The van der Waals surface area contributed by atoms with E-state index in [-0.39, 0.29) is 6.10 Å². The fraction of sp³-hybridized carbons (Fsp3) is 0.333. The quantitative estimate of drug-likeness (QED) is 0.722. The molecule has 2 rings (SSSR count). The minimum absolute atomic E-state index is 0.0669. The second-order valence-electron chi connectivity index (χ2n) is 2.88. The van der Waals surface area contributed by atoms with Crippen molar-refractivity contribution in [2.75, 3.05) is 6.54 Å². The Morgan fingerprint density at radius 2 is 2.42 bits per heavy atom. The van der Waals surface area contributed by atoms with Crippen molar-refractivity contribution >= 4 is 11.6 Å². The predicted octanol–water partition coefficient (Wildman–Crippen LogP) is 1.87. The lowest BCUT2D eigenvalue weighted by Crippen LogP contribution is -2.10. The fourth-order valence-electron chi connectivity index (χ4n) is 1.49. The predicted molar refractivity (Wildman–Crippen MR) is 48.0 cm³/mol. The number of fused-ring (bicyclic) bond motifs is 1. The summed E-state index contributed by atoms with van der Waals surface area (Å²) in [6.07, 6.45) is 0.0669. The topological polar surface area (TPSA) is 35.2 Å². The van der Waals surface area contributed by atoms with Crippen molar-refractivity contribution in [2.45, 2.75) is 12.7 Å². The molecule has 0 spiro atoms. The van der Waals surface area contributed by atoms with Gasteiger partial charge in [0, 0.05) is 11.6 Å². The van der Waals surface area contributed by atoms with Crippen molar-refractivity contribution in [3.8, 4) is 0 Å². The summed E-state index contributed by atoms with van der Waals surface area (Å²) in [6, 6.07) is 5.80. The van der Waals surface area contributed by atoms with E-state index in [2.05, 4.69) is 0 Å². The maximum absolute atomic E-state index is 5.83. The highest BCUT2D eigenvalue weighted by Gasteiger charge is 2.21. The normalized spacial score (nSPS) is 21.0. The molecule has 1 heterocycles. The third-order valence-electron chi connectivity index (χ3n) is 2.11. The first-order valence-corrected chi connectivity index (χ1v) is 4.29. The second kappa shape index (κ2) is 3.05. The van der Waals surface area contributed by atoms with Gasteiger partial charge in [-0.2, -0.15) is 0 Å². The van der Waals surface area contributed by atoms with Crippen molar-refractivity contribution in [1.82, 2.24) is 0 Å². The van der Waals surface area contributed by atoms with Crippen LogP contribution >= 0.6 is 11.6 Å². The van der Waals surface area contributed by atoms with Crippen LogP contribution < -0.4 is 5.73 Å². The summed E-state index contributed by atoms with van der Waals surface area (Å²) in [5.74, 6) is 0. The molecule has 2 nitrogen and oxygen atoms in total. The standard InChI is InChI=1S/C9H10ClNO/c10-7-1-2-8-6(3-7)5-12-9(8)4-11/h1-3,9H,4-5,11H2. The van der Waals surface area contributed by atoms with Crippen molar-refractivity contribution in [3.63, 3.8) is 0 Å². The van der Waals surface area contributed by atoms with Gasteiger partial charge in [-0.3, -0.25) is 0 Å². The zero-order chi connectivity index (χ0) is 8.55. The SMILES string of the molecule is NCC1OCc2cc(Cl)ccc21. The highest BCUT2D eigenvalue weighted by atomic mass is 35.5. The van der Waals surface area contributed by atoms with Gasteiger partial charge in [-0.05, 0) is 23.3 Å². The summed E-state index contributed by atoms with van der Waals surface area (Å²) >= 11 is 5.83. The molecular formula is C9H10ClNO. The van der Waals surface area contributed by atoms with Crippen LogP contribution in [0.15, 0.2) is 18.2 Å². The number of halogens is 1. The number of nitrogens with two attached hydrogens (primary N) is 1. The second-order valence-corrected chi connectivity index (χ2v) is 3.31. The molecule has 0 saturated heterocycles. The van der Waals surface area contributed by atoms with Gasteiger partial charge in [0.1, 0.15) is 0 Å². The van der Waals surface area contributed by atoms with Gasteiger partial charge in [-0.1, -0.05) is 17.7 Å². The Hall–Kier alpha value is -0.570. The van der Waals surface area contributed by atoms with Crippen LogP contribution in [0.5, 0.6) is 0 Å². The molecular weight excluding hydrogens is 174 g/mol. The maximum atomic E-state index is 5.83. The molecule has 0 amide bonds. The fourth-order valence-corrected chi connectivity index (χ4v) is 1.68. The molecule has 3 heteroatoms. The van der Waals surface area contributed by atoms with Gasteiger partial charge >= 0.3 is 0 Å². The Bertz CT molecular complexity index is 301. The summed E-state index contributed by atoms with van der Waals surface area (Å²) in [7, 11) is 0. The largest absolute Gasteiger partial charge is 0.368 e. The highest BCUT2D eigenvalue weighted by Crippen LogP contribution is 2.31. The molecule has 64 valence electrons. The molecule has 0 saturated carbocycles. The number of benzene rings is 1. The first-order valence-electron chi connectivity index (χ1n) is 3.91. The third-order valence-corrected chi connectivity index (χ3v) is 2.34. The van der Waals surface area contributed by atoms with Crippen molar-refractivity contribution in [2.24, 2.45) is 5.73 Å². The summed E-state index contributed by atoms with van der Waals surface area (Å²) in [4.78, 5) is 0. The molecule has 0 bridgehead atoms. The number of rotatable bonds is 1. The summed E-state index contributed by atoms with van der Waals surface area (Å²) < 4.78 is 5.44. The number of ether oxygens (including phenoxy) is 1. The van der Waals surface area contributed by atoms with Crippen LogP contribution in [0.1, 0.15) is 17.2 Å². The molecule has 2 N–H and O–H groups in total. The average Bonchev–Trinajstić information content (AvgIpc) is 2.46. The molecule has 1 aromatic rings. The third kappa shape index (κ3) is 1.22. The van der Waals surface area contributed by atoms with E-state index in [0.717, 1.165) is 10.6 Å². The lowest BCUT2D eigenvalue weighted by Gasteiger charge is -2.06. The summed E-state index contributed by atoms with van der Waals surface area (Å²) in [5, 5.41) is 0.759. The summed E-state index contributed by atoms with van der Waals surface area (Å²) in [6.45, 7) is 1.17. The maximum Gasteiger partial charge on any atom is 0.0955 e. The molecule has 1 aromatic carbocycles. The van der Waals surface area contributed by atoms with Crippen LogP contribution in [0, 0.1) is 0 Å². The molecule has 0 aromatic heterocycles. The lowest BCUT2D eigenvalue weighted by molar-refractivity contribution is 0.0723. The Kier molecular flexibility index (Phi) is 2.05. The zero-order valence-corrected chi connectivity index (χ0v) is 7.34. The first-order chi connectivity index (χ1) is 5.81. The van der Waals surface area contributed by atoms with Crippen LogP contribution in [0.2, 0.25) is 5.02 Å². The van der Waals surface area contributed by atoms with Crippen LogP contribution in [-0.4, -0.2) is 6.54 Å². The molecule has 1 aliphatic heterocycles. The Labute approximate surface area is 76.3 Å². The molecule has 0 radical (unpaired) electrons. The van der Waals surface area contributed by atoms with Crippen molar-refractivity contribution < 1.29 is 4.74 Å². The van der Waals surface area contributed by atoms with E-state index >= 15 is 0 Å². The molecule has 12 heavy (non-hydrogen) atoms. The van der Waals surface area contributed by atoms with E-state index in [1.807, 2.05) is 18.2 Å². The lowest BCUT2D eigenvalue weighted by atomic mass is 10.1. The van der Waals surface area contributed by atoms with Crippen LogP contribution in [0.3, 0.4) is 0 Å². The zero-order valence-electron chi connectivity index (χ0n) is 6.59. The first kappa shape index (κ1) is 8.05. The Balaban J connectivity index is 2.40. The molecule has 1 aliphatic rings. The van der Waals surface area contributed by atoms with Gasteiger partial charge in [0.05, 0.1) is 12.7 Å². The number of hydrogen-bond acceptors (Lipinski definition) is 2. The van der Waals surface area contributed by atoms with Crippen LogP contribution in [0.25, 0.3) is 0 Å². The van der Waals surface area contributed by atoms with E-state index in [4.69, 9.17) is 22.1 Å². The van der Waals surface area contributed by atoms with Gasteiger partial charge in [0.25, 0.3) is 0 Å². The molecule has 1 atom stereocenters. The minimum atomic E-state index is 0.0669. The van der Waals surface area contributed by atoms with E-state index in [9.17, 15) is 0 Å². The Morgan fingerprint density at radius 1 is 1.58 bits per heavy atom. The van der Waals surface area contributed by atoms with Crippen LogP contribution in [0.4, 0.5) is 0 Å². The van der Waals surface area contributed by atoms with Gasteiger partial charge in [0.15, 0.2) is 0 Å². The smallest absolute Gasteiger partial charge is 0.0955 e. The molecule has 0 aliphatic carbocycles. The van der Waals surface area contributed by atoms with Gasteiger partial charge < -0.3 is 10.5 Å². The van der Waals surface area contributed by atoms with E-state index in [1.165, 1.54) is 5.56 Å².